The van der Waals surface area contributed by atoms with E-state index in [1.165, 1.54) is 0 Å². The highest BCUT2D eigenvalue weighted by molar-refractivity contribution is 5.72. The average molecular weight is 250 g/mol. The summed E-state index contributed by atoms with van der Waals surface area (Å²) in [4.78, 5) is 40.0. The molecule has 96 valence electrons. The van der Waals surface area contributed by atoms with Crippen LogP contribution >= 0.6 is 0 Å². The molecule has 0 aromatic carbocycles. The van der Waals surface area contributed by atoms with Crippen molar-refractivity contribution in [3.63, 3.8) is 0 Å². The standard InChI is InChI=1S/C7H10N2O8/c1-15-7(10)4-2-5(16-8(11)12)6(3-4)17-9(13)14/h4-6H,2-3H2,1H3. The van der Waals surface area contributed by atoms with Gasteiger partial charge in [0.2, 0.25) is 0 Å². The molecule has 1 aliphatic carbocycles. The van der Waals surface area contributed by atoms with Crippen molar-refractivity contribution in [1.29, 1.82) is 0 Å². The third kappa shape index (κ3) is 3.43. The lowest BCUT2D eigenvalue weighted by Crippen LogP contribution is -2.30. The van der Waals surface area contributed by atoms with Gasteiger partial charge in [0.25, 0.3) is 10.2 Å². The smallest absolute Gasteiger partial charge is 0.308 e. The third-order valence-corrected chi connectivity index (χ3v) is 2.43. The zero-order chi connectivity index (χ0) is 13.0. The fraction of sp³-hybridized carbons (Fsp3) is 0.857. The normalized spacial score (nSPS) is 27.2. The molecule has 0 N–H and O–H groups in total. The molecule has 10 heteroatoms. The van der Waals surface area contributed by atoms with Gasteiger partial charge in [0.15, 0.2) is 0 Å². The highest BCUT2D eigenvalue weighted by Crippen LogP contribution is 2.31. The Bertz CT molecular complexity index is 308. The van der Waals surface area contributed by atoms with Gasteiger partial charge >= 0.3 is 5.97 Å². The van der Waals surface area contributed by atoms with Gasteiger partial charge in [-0.2, -0.15) is 0 Å². The fourth-order valence-corrected chi connectivity index (χ4v) is 1.76. The lowest BCUT2D eigenvalue weighted by atomic mass is 10.1. The maximum absolute atomic E-state index is 11.2. The van der Waals surface area contributed by atoms with Crippen LogP contribution in [0.25, 0.3) is 0 Å². The second-order valence-corrected chi connectivity index (χ2v) is 3.43. The van der Waals surface area contributed by atoms with Crippen LogP contribution < -0.4 is 0 Å². The topological polar surface area (TPSA) is 131 Å². The van der Waals surface area contributed by atoms with E-state index in [-0.39, 0.29) is 12.8 Å². The second-order valence-electron chi connectivity index (χ2n) is 3.43. The Morgan fingerprint density at radius 1 is 1.12 bits per heavy atom. The number of nitrogens with zero attached hydrogens (tertiary/aromatic N) is 2. The molecule has 17 heavy (non-hydrogen) atoms. The van der Waals surface area contributed by atoms with Crippen LogP contribution in [-0.4, -0.2) is 35.5 Å². The summed E-state index contributed by atoms with van der Waals surface area (Å²) in [6.07, 6.45) is -2.38. The summed E-state index contributed by atoms with van der Waals surface area (Å²) in [7, 11) is 1.16. The van der Waals surface area contributed by atoms with Crippen molar-refractivity contribution in [2.24, 2.45) is 5.92 Å². The molecule has 10 nitrogen and oxygen atoms in total. The molecule has 0 spiro atoms. The van der Waals surface area contributed by atoms with Crippen molar-refractivity contribution in [2.45, 2.75) is 25.0 Å². The molecule has 0 amide bonds. The molecular weight excluding hydrogens is 240 g/mol. The first-order valence-electron chi connectivity index (χ1n) is 4.64. The maximum atomic E-state index is 11.2. The number of rotatable bonds is 5. The van der Waals surface area contributed by atoms with Gasteiger partial charge < -0.3 is 14.4 Å². The molecule has 0 aromatic heterocycles. The molecule has 0 radical (unpaired) electrons. The average Bonchev–Trinajstić information content (AvgIpc) is 2.58. The van der Waals surface area contributed by atoms with E-state index in [1.54, 1.807) is 0 Å². The first kappa shape index (κ1) is 12.9. The third-order valence-electron chi connectivity index (χ3n) is 2.43. The van der Waals surface area contributed by atoms with Gasteiger partial charge in [-0.1, -0.05) is 0 Å². The van der Waals surface area contributed by atoms with Gasteiger partial charge in [-0.25, -0.2) is 0 Å². The van der Waals surface area contributed by atoms with E-state index < -0.39 is 34.3 Å². The summed E-state index contributed by atoms with van der Waals surface area (Å²) in [5, 5.41) is 18.2. The largest absolute Gasteiger partial charge is 0.469 e. The van der Waals surface area contributed by atoms with E-state index in [4.69, 9.17) is 0 Å². The Morgan fingerprint density at radius 2 is 1.53 bits per heavy atom. The monoisotopic (exact) mass is 250 g/mol. The fourth-order valence-electron chi connectivity index (χ4n) is 1.76. The Hall–Kier alpha value is -2.13. The molecule has 1 fully saturated rings. The number of carbonyl (C=O) groups excluding carboxylic acids is 1. The Labute approximate surface area is 94.6 Å². The lowest BCUT2D eigenvalue weighted by Gasteiger charge is -2.14. The van der Waals surface area contributed by atoms with E-state index in [1.807, 2.05) is 0 Å². The van der Waals surface area contributed by atoms with E-state index in [9.17, 15) is 25.0 Å². The van der Waals surface area contributed by atoms with Crippen molar-refractivity contribution in [1.82, 2.24) is 0 Å². The number of ether oxygens (including phenoxy) is 1. The minimum Gasteiger partial charge on any atom is -0.469 e. The minimum atomic E-state index is -1.14. The quantitative estimate of drug-likeness (QED) is 0.370. The molecule has 1 saturated carbocycles. The van der Waals surface area contributed by atoms with Crippen LogP contribution in [-0.2, 0) is 19.2 Å². The molecule has 0 bridgehead atoms. The van der Waals surface area contributed by atoms with Crippen molar-refractivity contribution < 1.29 is 29.4 Å². The summed E-state index contributed by atoms with van der Waals surface area (Å²) < 4.78 is 4.45. The molecule has 2 unspecified atom stereocenters. The number of hydrogen-bond donors (Lipinski definition) is 0. The van der Waals surface area contributed by atoms with Crippen molar-refractivity contribution in [2.75, 3.05) is 7.11 Å². The van der Waals surface area contributed by atoms with Crippen molar-refractivity contribution in [3.8, 4) is 0 Å². The summed E-state index contributed by atoms with van der Waals surface area (Å²) >= 11 is 0. The summed E-state index contributed by atoms with van der Waals surface area (Å²) in [5.41, 5.74) is 0. The van der Waals surface area contributed by atoms with E-state index in [0.29, 0.717) is 0 Å². The van der Waals surface area contributed by atoms with Gasteiger partial charge in [-0.3, -0.25) is 4.79 Å². The predicted octanol–water partition coefficient (Wildman–Crippen LogP) is -0.277. The van der Waals surface area contributed by atoms with E-state index in [0.717, 1.165) is 7.11 Å². The van der Waals surface area contributed by atoms with Crippen LogP contribution in [0.4, 0.5) is 0 Å². The van der Waals surface area contributed by atoms with Gasteiger partial charge in [0, 0.05) is 0 Å². The van der Waals surface area contributed by atoms with Crippen LogP contribution in [0.1, 0.15) is 12.8 Å². The van der Waals surface area contributed by atoms with Gasteiger partial charge in [0.05, 0.1) is 13.0 Å². The predicted molar refractivity (Wildman–Crippen MR) is 48.5 cm³/mol. The first-order valence-corrected chi connectivity index (χ1v) is 4.64. The number of methoxy groups -OCH3 is 1. The van der Waals surface area contributed by atoms with E-state index in [2.05, 4.69) is 14.4 Å². The SMILES string of the molecule is COC(=O)C1CC(O[N+](=O)[O-])C(O[N+](=O)[O-])C1. The summed E-state index contributed by atoms with van der Waals surface area (Å²) in [6, 6.07) is 0. The van der Waals surface area contributed by atoms with E-state index >= 15 is 0 Å². The van der Waals surface area contributed by atoms with Crippen molar-refractivity contribution >= 4 is 5.97 Å². The number of carbonyl (C=O) groups is 1. The van der Waals surface area contributed by atoms with Crippen LogP contribution in [0.3, 0.4) is 0 Å². The van der Waals surface area contributed by atoms with Crippen molar-refractivity contribution in [3.05, 3.63) is 20.2 Å². The molecule has 0 heterocycles. The van der Waals surface area contributed by atoms with Gasteiger partial charge in [-0.15, -0.1) is 20.2 Å². The molecular formula is C7H10N2O8. The molecule has 1 rings (SSSR count). The Kier molecular flexibility index (Phi) is 4.01. The molecule has 2 atom stereocenters. The molecule has 1 aliphatic rings. The van der Waals surface area contributed by atoms with Crippen LogP contribution in [0.5, 0.6) is 0 Å². The summed E-state index contributed by atoms with van der Waals surface area (Å²) in [5.74, 6) is -1.30. The maximum Gasteiger partial charge on any atom is 0.308 e. The zero-order valence-electron chi connectivity index (χ0n) is 8.81. The Balaban J connectivity index is 2.67. The lowest BCUT2D eigenvalue weighted by molar-refractivity contribution is -0.797. The molecule has 0 saturated heterocycles. The van der Waals surface area contributed by atoms with Gasteiger partial charge in [0.1, 0.15) is 12.2 Å². The van der Waals surface area contributed by atoms with Crippen LogP contribution in [0.15, 0.2) is 0 Å². The Morgan fingerprint density at radius 3 is 1.82 bits per heavy atom. The zero-order valence-corrected chi connectivity index (χ0v) is 8.81. The van der Waals surface area contributed by atoms with Crippen LogP contribution in [0.2, 0.25) is 0 Å². The molecule has 0 aliphatic heterocycles. The van der Waals surface area contributed by atoms with Gasteiger partial charge in [-0.05, 0) is 12.8 Å². The second kappa shape index (κ2) is 5.27. The van der Waals surface area contributed by atoms with Crippen LogP contribution in [0, 0.1) is 26.1 Å². The molecule has 0 aromatic rings. The first-order chi connectivity index (χ1) is 7.93. The number of esters is 1. The minimum absolute atomic E-state index is 0.0494. The highest BCUT2D eigenvalue weighted by Gasteiger charge is 2.43. The number of hydrogen-bond acceptors (Lipinski definition) is 8. The highest BCUT2D eigenvalue weighted by atomic mass is 17.0. The summed E-state index contributed by atoms with van der Waals surface area (Å²) in [6.45, 7) is 0.